The maximum absolute atomic E-state index is 14.9. The molecule has 0 amide bonds. The van der Waals surface area contributed by atoms with E-state index in [1.54, 1.807) is 30.5 Å². The van der Waals surface area contributed by atoms with Gasteiger partial charge in [0, 0.05) is 30.1 Å². The third-order valence-electron chi connectivity index (χ3n) is 7.06. The van der Waals surface area contributed by atoms with Crippen LogP contribution in [0.25, 0.3) is 22.4 Å². The summed E-state index contributed by atoms with van der Waals surface area (Å²) in [6, 6.07) is 10.1. The summed E-state index contributed by atoms with van der Waals surface area (Å²) in [5.74, 6) is 0.420. The molecular formula is C27H26ClFN6O. The molecule has 0 bridgehead atoms. The third-order valence-corrected chi connectivity index (χ3v) is 7.27. The van der Waals surface area contributed by atoms with E-state index in [1.807, 2.05) is 10.6 Å². The number of aromatic nitrogens is 5. The van der Waals surface area contributed by atoms with Gasteiger partial charge in [-0.25, -0.2) is 14.4 Å². The van der Waals surface area contributed by atoms with E-state index in [1.165, 1.54) is 12.3 Å². The lowest BCUT2D eigenvalue weighted by atomic mass is 9.83. The van der Waals surface area contributed by atoms with Crippen molar-refractivity contribution < 1.29 is 9.50 Å². The number of halogens is 2. The summed E-state index contributed by atoms with van der Waals surface area (Å²) >= 11 is 6.24. The summed E-state index contributed by atoms with van der Waals surface area (Å²) in [7, 11) is 0. The molecule has 3 heterocycles. The number of aliphatic hydroxyl groups excluding tert-OH is 1. The molecule has 1 aliphatic carbocycles. The Morgan fingerprint density at radius 3 is 2.64 bits per heavy atom. The first-order valence-corrected chi connectivity index (χ1v) is 12.5. The number of fused-ring (bicyclic) bond motifs is 1. The van der Waals surface area contributed by atoms with Crippen molar-refractivity contribution >= 4 is 22.8 Å². The highest BCUT2D eigenvalue weighted by molar-refractivity contribution is 6.30. The van der Waals surface area contributed by atoms with Crippen LogP contribution >= 0.6 is 11.6 Å². The Morgan fingerprint density at radius 2 is 1.94 bits per heavy atom. The van der Waals surface area contributed by atoms with Crippen molar-refractivity contribution in [3.63, 3.8) is 0 Å². The monoisotopic (exact) mass is 504 g/mol. The summed E-state index contributed by atoms with van der Waals surface area (Å²) in [5, 5.41) is 20.5. The normalized spacial score (nSPS) is 18.8. The molecule has 1 fully saturated rings. The van der Waals surface area contributed by atoms with Gasteiger partial charge in [-0.15, -0.1) is 0 Å². The van der Waals surface area contributed by atoms with Gasteiger partial charge in [0.05, 0.1) is 17.5 Å². The van der Waals surface area contributed by atoms with E-state index >= 15 is 0 Å². The third kappa shape index (κ3) is 4.69. The molecule has 36 heavy (non-hydrogen) atoms. The zero-order valence-corrected chi connectivity index (χ0v) is 20.7. The number of hydrogen-bond acceptors (Lipinski definition) is 6. The molecule has 0 radical (unpaired) electrons. The van der Waals surface area contributed by atoms with E-state index < -0.39 is 11.7 Å². The lowest BCUT2D eigenvalue weighted by Crippen LogP contribution is -2.22. The van der Waals surface area contributed by atoms with Gasteiger partial charge in [0.25, 0.3) is 0 Å². The molecule has 0 spiro atoms. The van der Waals surface area contributed by atoms with Gasteiger partial charge in [-0.1, -0.05) is 49.6 Å². The Morgan fingerprint density at radius 1 is 1.17 bits per heavy atom. The maximum Gasteiger partial charge on any atom is 0.234 e. The van der Waals surface area contributed by atoms with Crippen LogP contribution in [0.5, 0.6) is 0 Å². The lowest BCUT2D eigenvalue weighted by molar-refractivity contribution is 0.253. The minimum Gasteiger partial charge on any atom is -0.395 e. The smallest absolute Gasteiger partial charge is 0.234 e. The molecule has 0 saturated heterocycles. The summed E-state index contributed by atoms with van der Waals surface area (Å²) in [5.41, 5.74) is 2.42. The number of pyridine rings is 1. The van der Waals surface area contributed by atoms with Gasteiger partial charge in [-0.2, -0.15) is 10.2 Å². The van der Waals surface area contributed by atoms with E-state index in [0.29, 0.717) is 57.2 Å². The van der Waals surface area contributed by atoms with E-state index in [9.17, 15) is 14.8 Å². The fourth-order valence-corrected chi connectivity index (χ4v) is 5.32. The standard InChI is InChI=1S/C27H26ClFN6O/c1-16-6-8-17(9-7-16)14-35-25-24(18-10-19(28)13-31-12-18)32-23(11-30)33-26(25)34-27(35)21(15-36)20-4-2-3-5-22(20)29/h2-5,10,12-13,16-17,21,36H,6-9,14-15H2,1H3/t16-,17-,21?. The summed E-state index contributed by atoms with van der Waals surface area (Å²) < 4.78 is 16.9. The van der Waals surface area contributed by atoms with Crippen LogP contribution in [0.15, 0.2) is 42.7 Å². The molecule has 1 unspecified atom stereocenters. The molecule has 3 aromatic heterocycles. The van der Waals surface area contributed by atoms with Gasteiger partial charge in [-0.3, -0.25) is 4.98 Å². The fourth-order valence-electron chi connectivity index (χ4n) is 5.14. The minimum absolute atomic E-state index is 0.0355. The minimum atomic E-state index is -0.709. The van der Waals surface area contributed by atoms with Gasteiger partial charge in [-0.05, 0) is 36.8 Å². The molecule has 4 aromatic rings. The number of nitriles is 1. The zero-order valence-electron chi connectivity index (χ0n) is 19.9. The maximum atomic E-state index is 14.9. The van der Waals surface area contributed by atoms with Crippen molar-refractivity contribution in [3.8, 4) is 17.3 Å². The lowest BCUT2D eigenvalue weighted by Gasteiger charge is -2.28. The second-order valence-corrected chi connectivity index (χ2v) is 9.97. The van der Waals surface area contributed by atoms with Gasteiger partial charge in [0.15, 0.2) is 5.65 Å². The molecule has 1 saturated carbocycles. The number of benzene rings is 1. The summed E-state index contributed by atoms with van der Waals surface area (Å²) in [6.45, 7) is 2.56. The largest absolute Gasteiger partial charge is 0.395 e. The topological polar surface area (TPSA) is 101 Å². The zero-order chi connectivity index (χ0) is 25.2. The van der Waals surface area contributed by atoms with E-state index in [4.69, 9.17) is 16.6 Å². The van der Waals surface area contributed by atoms with Crippen LogP contribution < -0.4 is 0 Å². The van der Waals surface area contributed by atoms with Crippen molar-refractivity contribution in [2.24, 2.45) is 11.8 Å². The molecule has 1 N–H and O–H groups in total. The van der Waals surface area contributed by atoms with Crippen LogP contribution in [0.4, 0.5) is 4.39 Å². The summed E-state index contributed by atoms with van der Waals surface area (Å²) in [6.07, 6.45) is 7.58. The predicted octanol–water partition coefficient (Wildman–Crippen LogP) is 5.50. The number of aliphatic hydroxyl groups is 1. The summed E-state index contributed by atoms with van der Waals surface area (Å²) in [4.78, 5) is 17.9. The van der Waals surface area contributed by atoms with Crippen LogP contribution in [-0.2, 0) is 6.54 Å². The SMILES string of the molecule is C[C@H]1CC[C@H](Cn2c(C(CO)c3ccccc3F)nc3nc(C#N)nc(-c4cncc(Cl)c4)c32)CC1. The first-order chi connectivity index (χ1) is 17.5. The quantitative estimate of drug-likeness (QED) is 0.372. The molecule has 5 rings (SSSR count). The van der Waals surface area contributed by atoms with Crippen molar-refractivity contribution in [3.05, 3.63) is 70.8 Å². The Kier molecular flexibility index (Phi) is 6.95. The van der Waals surface area contributed by atoms with Crippen LogP contribution in [-0.4, -0.2) is 36.2 Å². The molecule has 7 nitrogen and oxygen atoms in total. The molecular weight excluding hydrogens is 479 g/mol. The molecule has 1 aliphatic rings. The van der Waals surface area contributed by atoms with Crippen molar-refractivity contribution in [1.82, 2.24) is 24.5 Å². The predicted molar refractivity (Wildman–Crippen MR) is 135 cm³/mol. The average molecular weight is 505 g/mol. The van der Waals surface area contributed by atoms with Crippen LogP contribution in [0.1, 0.15) is 55.7 Å². The van der Waals surface area contributed by atoms with Gasteiger partial charge in [0.2, 0.25) is 5.82 Å². The van der Waals surface area contributed by atoms with Crippen LogP contribution in [0, 0.1) is 29.0 Å². The highest BCUT2D eigenvalue weighted by atomic mass is 35.5. The molecule has 9 heteroatoms. The Hall–Kier alpha value is -3.41. The van der Waals surface area contributed by atoms with Crippen molar-refractivity contribution in [2.45, 2.75) is 45.1 Å². The number of imidazole rings is 1. The molecule has 0 aliphatic heterocycles. The van der Waals surface area contributed by atoms with Crippen LogP contribution in [0.3, 0.4) is 0 Å². The average Bonchev–Trinajstić information content (AvgIpc) is 3.24. The Bertz CT molecular complexity index is 1440. The van der Waals surface area contributed by atoms with Gasteiger partial charge < -0.3 is 9.67 Å². The van der Waals surface area contributed by atoms with Crippen molar-refractivity contribution in [1.29, 1.82) is 5.26 Å². The molecule has 1 atom stereocenters. The fraction of sp³-hybridized carbons (Fsp3) is 0.370. The number of nitrogens with zero attached hydrogens (tertiary/aromatic N) is 6. The highest BCUT2D eigenvalue weighted by Crippen LogP contribution is 2.36. The van der Waals surface area contributed by atoms with Gasteiger partial charge in [0.1, 0.15) is 28.9 Å². The second kappa shape index (κ2) is 10.3. The first kappa shape index (κ1) is 24.3. The van der Waals surface area contributed by atoms with E-state index in [-0.39, 0.29) is 12.4 Å². The second-order valence-electron chi connectivity index (χ2n) is 9.53. The molecule has 1 aromatic carbocycles. The van der Waals surface area contributed by atoms with E-state index in [2.05, 4.69) is 21.9 Å². The highest BCUT2D eigenvalue weighted by Gasteiger charge is 2.29. The molecule has 184 valence electrons. The number of rotatable bonds is 6. The Balaban J connectivity index is 1.76. The van der Waals surface area contributed by atoms with Gasteiger partial charge >= 0.3 is 0 Å². The number of hydrogen-bond donors (Lipinski definition) is 1. The van der Waals surface area contributed by atoms with Crippen LogP contribution in [0.2, 0.25) is 5.02 Å². The van der Waals surface area contributed by atoms with E-state index in [0.717, 1.165) is 25.7 Å². The Labute approximate surface area is 213 Å². The van der Waals surface area contributed by atoms with Crippen molar-refractivity contribution in [2.75, 3.05) is 6.61 Å². The first-order valence-electron chi connectivity index (χ1n) is 12.1.